The number of nitrogens with two attached hydrogens (primary N) is 2. The second-order valence-electron chi connectivity index (χ2n) is 8.74. The highest BCUT2D eigenvalue weighted by Gasteiger charge is 2.25. The lowest BCUT2D eigenvalue weighted by molar-refractivity contribution is -0.140. The molecule has 3 rings (SSSR count). The number of carbonyl (C=O) groups excluding carboxylic acids is 2. The van der Waals surface area contributed by atoms with Crippen LogP contribution in [0.3, 0.4) is 0 Å². The Balaban J connectivity index is 1.46. The molecule has 1 unspecified atom stereocenters. The van der Waals surface area contributed by atoms with Gasteiger partial charge in [-0.3, -0.25) is 4.79 Å². The molecule has 2 aromatic carbocycles. The monoisotopic (exact) mass is 436 g/mol. The Morgan fingerprint density at radius 1 is 1.03 bits per heavy atom. The predicted octanol–water partition coefficient (Wildman–Crippen LogP) is 4.94. The van der Waals surface area contributed by atoms with E-state index in [1.165, 1.54) is 6.08 Å². The van der Waals surface area contributed by atoms with Crippen LogP contribution in [-0.2, 0) is 14.3 Å². The van der Waals surface area contributed by atoms with Gasteiger partial charge in [-0.25, -0.2) is 4.79 Å². The number of nitrogen functional groups attached to an aromatic ring is 2. The van der Waals surface area contributed by atoms with E-state index in [4.69, 9.17) is 20.9 Å². The van der Waals surface area contributed by atoms with Crippen molar-refractivity contribution in [2.75, 3.05) is 18.1 Å². The van der Waals surface area contributed by atoms with Crippen LogP contribution in [0.1, 0.15) is 56.6 Å². The molecule has 0 radical (unpaired) electrons. The van der Waals surface area contributed by atoms with E-state index in [2.05, 4.69) is 6.92 Å². The molecule has 0 heterocycles. The van der Waals surface area contributed by atoms with Gasteiger partial charge in [0.1, 0.15) is 5.75 Å². The van der Waals surface area contributed by atoms with Crippen LogP contribution in [0.4, 0.5) is 11.4 Å². The van der Waals surface area contributed by atoms with Gasteiger partial charge in [-0.15, -0.1) is 0 Å². The van der Waals surface area contributed by atoms with Crippen molar-refractivity contribution in [1.29, 1.82) is 0 Å². The third-order valence-electron chi connectivity index (χ3n) is 5.90. The smallest absolute Gasteiger partial charge is 0.330 e. The Hall–Kier alpha value is -3.28. The lowest BCUT2D eigenvalue weighted by atomic mass is 9.83. The Labute approximate surface area is 189 Å². The summed E-state index contributed by atoms with van der Waals surface area (Å²) in [6.07, 6.45) is 6.99. The SMILES string of the molecule is CC1CCC(C(=O)Oc2ccc(C=CC(=O)OCC(C)c3cc(N)cc(N)c3)cc2)CC1. The van der Waals surface area contributed by atoms with Crippen LogP contribution in [0.5, 0.6) is 5.75 Å². The molecule has 0 aliphatic heterocycles. The number of hydrogen-bond donors (Lipinski definition) is 2. The zero-order chi connectivity index (χ0) is 23.1. The molecule has 0 aromatic heterocycles. The van der Waals surface area contributed by atoms with Crippen molar-refractivity contribution in [1.82, 2.24) is 0 Å². The zero-order valence-corrected chi connectivity index (χ0v) is 18.8. The lowest BCUT2D eigenvalue weighted by Gasteiger charge is -2.24. The van der Waals surface area contributed by atoms with Gasteiger partial charge in [-0.05, 0) is 79.1 Å². The van der Waals surface area contributed by atoms with Gasteiger partial charge in [-0.1, -0.05) is 26.0 Å². The molecule has 6 nitrogen and oxygen atoms in total. The molecule has 32 heavy (non-hydrogen) atoms. The van der Waals surface area contributed by atoms with Gasteiger partial charge >= 0.3 is 11.9 Å². The Morgan fingerprint density at radius 2 is 1.66 bits per heavy atom. The van der Waals surface area contributed by atoms with Gasteiger partial charge in [0.15, 0.2) is 0 Å². The molecule has 0 bridgehead atoms. The first-order valence-corrected chi connectivity index (χ1v) is 11.1. The van der Waals surface area contributed by atoms with Crippen molar-refractivity contribution in [2.45, 2.75) is 45.4 Å². The highest BCUT2D eigenvalue weighted by Crippen LogP contribution is 2.29. The minimum atomic E-state index is -0.434. The van der Waals surface area contributed by atoms with Crippen LogP contribution < -0.4 is 16.2 Å². The molecule has 2 aromatic rings. The van der Waals surface area contributed by atoms with E-state index in [1.54, 1.807) is 36.4 Å². The van der Waals surface area contributed by atoms with E-state index in [1.807, 2.05) is 19.1 Å². The molecular weight excluding hydrogens is 404 g/mol. The third kappa shape index (κ3) is 6.87. The highest BCUT2D eigenvalue weighted by atomic mass is 16.5. The summed E-state index contributed by atoms with van der Waals surface area (Å²) in [5.41, 5.74) is 14.5. The van der Waals surface area contributed by atoms with Crippen molar-refractivity contribution in [3.05, 3.63) is 59.7 Å². The molecule has 0 saturated heterocycles. The van der Waals surface area contributed by atoms with E-state index in [-0.39, 0.29) is 24.4 Å². The first-order valence-electron chi connectivity index (χ1n) is 11.1. The summed E-state index contributed by atoms with van der Waals surface area (Å²) in [5.74, 6) is 0.585. The van der Waals surface area contributed by atoms with Gasteiger partial charge < -0.3 is 20.9 Å². The molecule has 1 aliphatic carbocycles. The van der Waals surface area contributed by atoms with E-state index in [0.29, 0.717) is 23.0 Å². The number of carbonyl (C=O) groups is 2. The fourth-order valence-electron chi connectivity index (χ4n) is 3.84. The molecule has 0 spiro atoms. The van der Waals surface area contributed by atoms with Crippen molar-refractivity contribution in [2.24, 2.45) is 11.8 Å². The number of benzene rings is 2. The number of anilines is 2. The van der Waals surface area contributed by atoms with E-state index < -0.39 is 5.97 Å². The van der Waals surface area contributed by atoms with Crippen molar-refractivity contribution < 1.29 is 19.1 Å². The second-order valence-corrected chi connectivity index (χ2v) is 8.74. The molecule has 170 valence electrons. The van der Waals surface area contributed by atoms with Gasteiger partial charge in [0.25, 0.3) is 0 Å². The summed E-state index contributed by atoms with van der Waals surface area (Å²) in [5, 5.41) is 0. The normalized spacial score (nSPS) is 19.4. The summed E-state index contributed by atoms with van der Waals surface area (Å²) in [6, 6.07) is 12.4. The second kappa shape index (κ2) is 10.8. The molecule has 1 fully saturated rings. The van der Waals surface area contributed by atoms with Gasteiger partial charge in [0, 0.05) is 23.4 Å². The summed E-state index contributed by atoms with van der Waals surface area (Å²) in [7, 11) is 0. The molecule has 6 heteroatoms. The van der Waals surface area contributed by atoms with Crippen molar-refractivity contribution >= 4 is 29.4 Å². The molecule has 1 atom stereocenters. The van der Waals surface area contributed by atoms with E-state index in [9.17, 15) is 9.59 Å². The van der Waals surface area contributed by atoms with Crippen LogP contribution >= 0.6 is 0 Å². The lowest BCUT2D eigenvalue weighted by Crippen LogP contribution is -2.24. The number of ether oxygens (including phenoxy) is 2. The minimum Gasteiger partial charge on any atom is -0.462 e. The van der Waals surface area contributed by atoms with Crippen molar-refractivity contribution in [3.8, 4) is 5.75 Å². The first kappa shape index (κ1) is 23.4. The van der Waals surface area contributed by atoms with Crippen LogP contribution in [0.25, 0.3) is 6.08 Å². The summed E-state index contributed by atoms with van der Waals surface area (Å²) in [4.78, 5) is 24.4. The quantitative estimate of drug-likeness (QED) is 0.276. The van der Waals surface area contributed by atoms with Crippen LogP contribution in [0.15, 0.2) is 48.5 Å². The van der Waals surface area contributed by atoms with Gasteiger partial charge in [0.2, 0.25) is 0 Å². The van der Waals surface area contributed by atoms with E-state index >= 15 is 0 Å². The largest absolute Gasteiger partial charge is 0.462 e. The maximum Gasteiger partial charge on any atom is 0.330 e. The van der Waals surface area contributed by atoms with Gasteiger partial charge in [0.05, 0.1) is 12.5 Å². The summed E-state index contributed by atoms with van der Waals surface area (Å²) in [6.45, 7) is 4.39. The highest BCUT2D eigenvalue weighted by molar-refractivity contribution is 5.87. The average Bonchev–Trinajstić information content (AvgIpc) is 2.76. The topological polar surface area (TPSA) is 105 Å². The van der Waals surface area contributed by atoms with Crippen LogP contribution in [-0.4, -0.2) is 18.5 Å². The Kier molecular flexibility index (Phi) is 7.92. The minimum absolute atomic E-state index is 0.00768. The first-order chi connectivity index (χ1) is 15.3. The molecule has 4 N–H and O–H groups in total. The number of hydrogen-bond acceptors (Lipinski definition) is 6. The Bertz CT molecular complexity index is 940. The molecule has 1 saturated carbocycles. The fourth-order valence-corrected chi connectivity index (χ4v) is 3.84. The van der Waals surface area contributed by atoms with Gasteiger partial charge in [-0.2, -0.15) is 0 Å². The summed E-state index contributed by atoms with van der Waals surface area (Å²) >= 11 is 0. The maximum atomic E-state index is 12.3. The predicted molar refractivity (Wildman–Crippen MR) is 127 cm³/mol. The maximum absolute atomic E-state index is 12.3. The van der Waals surface area contributed by atoms with E-state index in [0.717, 1.165) is 36.8 Å². The Morgan fingerprint density at radius 3 is 2.28 bits per heavy atom. The van der Waals surface area contributed by atoms with Crippen molar-refractivity contribution in [3.63, 3.8) is 0 Å². The average molecular weight is 437 g/mol. The number of esters is 2. The molecular formula is C26H32N2O4. The standard InChI is InChI=1S/C26H32N2O4/c1-17-3-8-20(9-4-17)26(30)32-24-10-5-19(6-11-24)7-12-25(29)31-16-18(2)21-13-22(27)15-23(28)14-21/h5-7,10-15,17-18,20H,3-4,8-9,16,27-28H2,1-2H3. The fraction of sp³-hybridized carbons (Fsp3) is 0.385. The molecule has 0 amide bonds. The van der Waals surface area contributed by atoms with Crippen LogP contribution in [0.2, 0.25) is 0 Å². The van der Waals surface area contributed by atoms with Crippen LogP contribution in [0, 0.1) is 11.8 Å². The summed E-state index contributed by atoms with van der Waals surface area (Å²) < 4.78 is 10.9. The zero-order valence-electron chi connectivity index (χ0n) is 18.8. The number of rotatable bonds is 7. The molecule has 1 aliphatic rings. The third-order valence-corrected chi connectivity index (χ3v) is 5.90.